The molecule has 1 aromatic carbocycles. The monoisotopic (exact) mass is 402 g/mol. The number of amides is 1. The van der Waals surface area contributed by atoms with E-state index < -0.39 is 5.60 Å². The summed E-state index contributed by atoms with van der Waals surface area (Å²) in [6.07, 6.45) is 1.45. The molecule has 1 amide bonds. The average Bonchev–Trinajstić information content (AvgIpc) is 2.57. The molecule has 5 nitrogen and oxygen atoms in total. The molecule has 7 heteroatoms. The lowest BCUT2D eigenvalue weighted by molar-refractivity contribution is 0.0174. The second-order valence-electron chi connectivity index (χ2n) is 7.66. The number of methoxy groups -OCH3 is 1. The normalized spacial score (nSPS) is 17.1. The van der Waals surface area contributed by atoms with Gasteiger partial charge in [-0.1, -0.05) is 23.2 Å². The third-order valence-corrected chi connectivity index (χ3v) is 5.41. The highest BCUT2D eigenvalue weighted by atomic mass is 35.5. The van der Waals surface area contributed by atoms with E-state index in [1.807, 2.05) is 26.8 Å². The number of hydrogen-bond donors (Lipinski definition) is 1. The van der Waals surface area contributed by atoms with Crippen LogP contribution in [0.25, 0.3) is 0 Å². The minimum absolute atomic E-state index is 0.0977. The number of piperidine rings is 1. The molecule has 2 N–H and O–H groups in total. The summed E-state index contributed by atoms with van der Waals surface area (Å²) in [4.78, 5) is 14.0. The number of carbonyl (C=O) groups is 1. The molecule has 1 unspecified atom stereocenters. The highest BCUT2D eigenvalue weighted by Crippen LogP contribution is 2.40. The topological polar surface area (TPSA) is 64.8 Å². The van der Waals surface area contributed by atoms with E-state index in [0.717, 1.165) is 18.4 Å². The number of ether oxygens (including phenoxy) is 2. The molecule has 1 aliphatic rings. The molecule has 1 heterocycles. The zero-order valence-electron chi connectivity index (χ0n) is 15.9. The molecule has 0 aliphatic carbocycles. The maximum atomic E-state index is 12.2. The standard InChI is InChI=1S/C19H28Cl2N2O3/c1-19(2,3)26-18(24)23-7-5-12(6-8-23)14(11-22)13-9-15(20)16(21)10-17(13)25-4/h9-10,12,14H,5-8,11,22H2,1-4H3. The van der Waals surface area contributed by atoms with Crippen LogP contribution in [0.2, 0.25) is 10.0 Å². The van der Waals surface area contributed by atoms with E-state index in [2.05, 4.69) is 0 Å². The van der Waals surface area contributed by atoms with Gasteiger partial charge in [0.1, 0.15) is 11.4 Å². The summed E-state index contributed by atoms with van der Waals surface area (Å²) in [6.45, 7) is 7.40. The van der Waals surface area contributed by atoms with Crippen molar-refractivity contribution < 1.29 is 14.3 Å². The van der Waals surface area contributed by atoms with Crippen LogP contribution in [-0.4, -0.2) is 43.3 Å². The largest absolute Gasteiger partial charge is 0.496 e. The number of nitrogens with two attached hydrogens (primary N) is 1. The summed E-state index contributed by atoms with van der Waals surface area (Å²) in [7, 11) is 1.61. The third-order valence-electron chi connectivity index (χ3n) is 4.69. The van der Waals surface area contributed by atoms with Gasteiger partial charge in [0.2, 0.25) is 0 Å². The Morgan fingerprint density at radius 2 is 1.85 bits per heavy atom. The lowest BCUT2D eigenvalue weighted by atomic mass is 9.79. The molecule has 1 aliphatic heterocycles. The third kappa shape index (κ3) is 5.18. The molecule has 0 saturated carbocycles. The van der Waals surface area contributed by atoms with E-state index in [1.54, 1.807) is 18.1 Å². The van der Waals surface area contributed by atoms with Crippen molar-refractivity contribution in [1.29, 1.82) is 0 Å². The lowest BCUT2D eigenvalue weighted by Gasteiger charge is -2.37. The number of carbonyl (C=O) groups excluding carboxylic acids is 1. The Bertz CT molecular complexity index is 638. The van der Waals surface area contributed by atoms with Gasteiger partial charge >= 0.3 is 6.09 Å². The highest BCUT2D eigenvalue weighted by molar-refractivity contribution is 6.42. The van der Waals surface area contributed by atoms with Crippen LogP contribution in [0.5, 0.6) is 5.75 Å². The van der Waals surface area contributed by atoms with Gasteiger partial charge in [0, 0.05) is 30.6 Å². The molecule has 146 valence electrons. The Labute approximate surface area is 165 Å². The van der Waals surface area contributed by atoms with Crippen molar-refractivity contribution in [3.05, 3.63) is 27.7 Å². The molecule has 1 fully saturated rings. The van der Waals surface area contributed by atoms with Gasteiger partial charge in [-0.05, 0) is 52.1 Å². The van der Waals surface area contributed by atoms with Gasteiger partial charge in [0.05, 0.1) is 17.2 Å². The number of nitrogens with zero attached hydrogens (tertiary/aromatic N) is 1. The second-order valence-corrected chi connectivity index (χ2v) is 8.47. The summed E-state index contributed by atoms with van der Waals surface area (Å²) in [5.74, 6) is 1.13. The molecule has 0 bridgehead atoms. The second kappa shape index (κ2) is 8.68. The molecule has 0 aromatic heterocycles. The average molecular weight is 403 g/mol. The summed E-state index contributed by atoms with van der Waals surface area (Å²) in [5, 5.41) is 0.954. The van der Waals surface area contributed by atoms with Crippen molar-refractivity contribution >= 4 is 29.3 Å². The van der Waals surface area contributed by atoms with E-state index in [1.165, 1.54) is 0 Å². The number of halogens is 2. The Hall–Kier alpha value is -1.17. The minimum atomic E-state index is -0.485. The van der Waals surface area contributed by atoms with E-state index in [-0.39, 0.29) is 12.0 Å². The Morgan fingerprint density at radius 1 is 1.27 bits per heavy atom. The predicted octanol–water partition coefficient (Wildman–Crippen LogP) is 4.69. The fourth-order valence-electron chi connectivity index (χ4n) is 3.39. The molecule has 26 heavy (non-hydrogen) atoms. The van der Waals surface area contributed by atoms with Crippen LogP contribution in [0.15, 0.2) is 12.1 Å². The van der Waals surface area contributed by atoms with Gasteiger partial charge in [-0.3, -0.25) is 0 Å². The van der Waals surface area contributed by atoms with Crippen molar-refractivity contribution in [2.45, 2.75) is 45.1 Å². The van der Waals surface area contributed by atoms with Crippen LogP contribution in [0.1, 0.15) is 45.1 Å². The smallest absolute Gasteiger partial charge is 0.410 e. The first-order valence-corrected chi connectivity index (χ1v) is 9.62. The number of hydrogen-bond acceptors (Lipinski definition) is 4. The maximum absolute atomic E-state index is 12.2. The van der Waals surface area contributed by atoms with Gasteiger partial charge in [-0.15, -0.1) is 0 Å². The molecule has 1 saturated heterocycles. The van der Waals surface area contributed by atoms with E-state index >= 15 is 0 Å². The summed E-state index contributed by atoms with van der Waals surface area (Å²) in [5.41, 5.74) is 6.58. The summed E-state index contributed by atoms with van der Waals surface area (Å²) >= 11 is 12.3. The molecule has 2 rings (SSSR count). The first-order chi connectivity index (χ1) is 12.2. The number of likely N-dealkylation sites (tertiary alicyclic amines) is 1. The van der Waals surface area contributed by atoms with Gasteiger partial charge in [0.15, 0.2) is 0 Å². The Morgan fingerprint density at radius 3 is 2.35 bits per heavy atom. The SMILES string of the molecule is COc1cc(Cl)c(Cl)cc1C(CN)C1CCN(C(=O)OC(C)(C)C)CC1. The first-order valence-electron chi connectivity index (χ1n) is 8.87. The molecule has 0 radical (unpaired) electrons. The fourth-order valence-corrected chi connectivity index (χ4v) is 3.72. The van der Waals surface area contributed by atoms with E-state index in [9.17, 15) is 4.79 Å². The van der Waals surface area contributed by atoms with Gasteiger partial charge in [-0.2, -0.15) is 0 Å². The first kappa shape index (κ1) is 21.1. The van der Waals surface area contributed by atoms with Crippen molar-refractivity contribution in [1.82, 2.24) is 4.90 Å². The van der Waals surface area contributed by atoms with E-state index in [0.29, 0.717) is 41.3 Å². The van der Waals surface area contributed by atoms with Gasteiger partial charge in [0.25, 0.3) is 0 Å². The zero-order chi connectivity index (χ0) is 19.5. The number of benzene rings is 1. The lowest BCUT2D eigenvalue weighted by Crippen LogP contribution is -2.43. The minimum Gasteiger partial charge on any atom is -0.496 e. The quantitative estimate of drug-likeness (QED) is 0.792. The number of rotatable bonds is 4. The molecular formula is C19H28Cl2N2O3. The van der Waals surface area contributed by atoms with Crippen molar-refractivity contribution in [3.63, 3.8) is 0 Å². The van der Waals surface area contributed by atoms with Crippen LogP contribution in [0.4, 0.5) is 4.79 Å². The summed E-state index contributed by atoms with van der Waals surface area (Å²) in [6, 6.07) is 3.58. The van der Waals surface area contributed by atoms with Gasteiger partial charge < -0.3 is 20.1 Å². The highest BCUT2D eigenvalue weighted by Gasteiger charge is 2.32. The van der Waals surface area contributed by atoms with Gasteiger partial charge in [-0.25, -0.2) is 4.79 Å². The predicted molar refractivity (Wildman–Crippen MR) is 105 cm³/mol. The summed E-state index contributed by atoms with van der Waals surface area (Å²) < 4.78 is 10.9. The van der Waals surface area contributed by atoms with E-state index in [4.69, 9.17) is 38.4 Å². The Kier molecular flexibility index (Phi) is 7.05. The van der Waals surface area contributed by atoms with Crippen LogP contribution < -0.4 is 10.5 Å². The van der Waals surface area contributed by atoms with Crippen LogP contribution in [0.3, 0.4) is 0 Å². The molecular weight excluding hydrogens is 375 g/mol. The Balaban J connectivity index is 2.10. The maximum Gasteiger partial charge on any atom is 0.410 e. The molecule has 1 aromatic rings. The van der Waals surface area contributed by atoms with Crippen molar-refractivity contribution in [2.24, 2.45) is 11.7 Å². The van der Waals surface area contributed by atoms with Crippen LogP contribution in [0, 0.1) is 5.92 Å². The fraction of sp³-hybridized carbons (Fsp3) is 0.632. The zero-order valence-corrected chi connectivity index (χ0v) is 17.4. The van der Waals surface area contributed by atoms with Crippen molar-refractivity contribution in [3.8, 4) is 5.75 Å². The van der Waals surface area contributed by atoms with Crippen molar-refractivity contribution in [2.75, 3.05) is 26.7 Å². The molecule has 0 spiro atoms. The molecule has 1 atom stereocenters. The van der Waals surface area contributed by atoms with Crippen LogP contribution in [-0.2, 0) is 4.74 Å². The van der Waals surface area contributed by atoms with Crippen LogP contribution >= 0.6 is 23.2 Å².